The van der Waals surface area contributed by atoms with Crippen LogP contribution in [0, 0.1) is 0 Å². The molecule has 1 aliphatic rings. The lowest BCUT2D eigenvalue weighted by Gasteiger charge is -2.20. The Morgan fingerprint density at radius 2 is 2.21 bits per heavy atom. The third-order valence-corrected chi connectivity index (χ3v) is 3.81. The molecule has 1 aliphatic carbocycles. The van der Waals surface area contributed by atoms with Crippen LogP contribution in [0.15, 0.2) is 24.3 Å². The van der Waals surface area contributed by atoms with Crippen molar-refractivity contribution in [1.82, 2.24) is 10.6 Å². The fraction of sp³-hybridized carbons (Fsp3) is 0.562. The maximum absolute atomic E-state index is 11.9. The second kappa shape index (κ2) is 6.71. The van der Waals surface area contributed by atoms with Gasteiger partial charge in [-0.1, -0.05) is 37.6 Å². The highest BCUT2D eigenvalue weighted by Crippen LogP contribution is 2.30. The van der Waals surface area contributed by atoms with E-state index in [1.54, 1.807) is 0 Å². The van der Waals surface area contributed by atoms with Crippen LogP contribution >= 0.6 is 0 Å². The molecule has 0 saturated heterocycles. The van der Waals surface area contributed by atoms with Gasteiger partial charge in [0, 0.05) is 12.6 Å². The van der Waals surface area contributed by atoms with Crippen molar-refractivity contribution in [3.63, 3.8) is 0 Å². The molecule has 0 aromatic heterocycles. The first kappa shape index (κ1) is 14.1. The van der Waals surface area contributed by atoms with Gasteiger partial charge in [0.1, 0.15) is 0 Å². The first-order chi connectivity index (χ1) is 9.22. The van der Waals surface area contributed by atoms with E-state index in [1.165, 1.54) is 11.1 Å². The average Bonchev–Trinajstić information content (AvgIpc) is 2.82. The first-order valence-electron chi connectivity index (χ1n) is 7.34. The number of fused-ring (bicyclic) bond motifs is 1. The van der Waals surface area contributed by atoms with Crippen molar-refractivity contribution in [2.75, 3.05) is 6.54 Å². The molecule has 0 bridgehead atoms. The van der Waals surface area contributed by atoms with E-state index in [1.807, 2.05) is 6.92 Å². The molecule has 0 aliphatic heterocycles. The minimum atomic E-state index is -0.131. The van der Waals surface area contributed by atoms with E-state index < -0.39 is 0 Å². The summed E-state index contributed by atoms with van der Waals surface area (Å²) in [6.45, 7) is 4.86. The Labute approximate surface area is 115 Å². The molecule has 1 amide bonds. The van der Waals surface area contributed by atoms with Gasteiger partial charge >= 0.3 is 0 Å². The molecule has 3 nitrogen and oxygen atoms in total. The van der Waals surface area contributed by atoms with E-state index in [-0.39, 0.29) is 11.9 Å². The number of unbranched alkanes of at least 4 members (excludes halogenated alkanes) is 1. The zero-order valence-electron chi connectivity index (χ0n) is 11.9. The number of benzene rings is 1. The number of hydrogen-bond acceptors (Lipinski definition) is 2. The van der Waals surface area contributed by atoms with Gasteiger partial charge in [-0.15, -0.1) is 0 Å². The zero-order valence-corrected chi connectivity index (χ0v) is 11.9. The van der Waals surface area contributed by atoms with Crippen LogP contribution in [0.2, 0.25) is 0 Å². The lowest BCUT2D eigenvalue weighted by Crippen LogP contribution is -2.43. The Morgan fingerprint density at radius 3 is 3.00 bits per heavy atom. The second-order valence-electron chi connectivity index (χ2n) is 5.32. The normalized spacial score (nSPS) is 18.9. The van der Waals surface area contributed by atoms with Crippen molar-refractivity contribution in [3.05, 3.63) is 35.4 Å². The zero-order chi connectivity index (χ0) is 13.7. The second-order valence-corrected chi connectivity index (χ2v) is 5.32. The number of hydrogen-bond donors (Lipinski definition) is 2. The predicted octanol–water partition coefficient (Wildman–Crippen LogP) is 2.57. The van der Waals surface area contributed by atoms with Gasteiger partial charge in [-0.3, -0.25) is 10.1 Å². The summed E-state index contributed by atoms with van der Waals surface area (Å²) in [7, 11) is 0. The summed E-state index contributed by atoms with van der Waals surface area (Å²) in [5, 5.41) is 6.43. The lowest BCUT2D eigenvalue weighted by molar-refractivity contribution is -0.122. The summed E-state index contributed by atoms with van der Waals surface area (Å²) in [6.07, 6.45) is 4.35. The number of aryl methyl sites for hydroxylation is 1. The third-order valence-electron chi connectivity index (χ3n) is 3.81. The summed E-state index contributed by atoms with van der Waals surface area (Å²) < 4.78 is 0. The largest absolute Gasteiger partial charge is 0.355 e. The van der Waals surface area contributed by atoms with E-state index in [0.717, 1.165) is 32.2 Å². The Bertz CT molecular complexity index is 431. The molecule has 19 heavy (non-hydrogen) atoms. The van der Waals surface area contributed by atoms with Gasteiger partial charge < -0.3 is 5.32 Å². The van der Waals surface area contributed by atoms with E-state index >= 15 is 0 Å². The molecule has 3 heteroatoms. The molecule has 2 rings (SSSR count). The molecule has 0 fully saturated rings. The average molecular weight is 260 g/mol. The van der Waals surface area contributed by atoms with Crippen LogP contribution < -0.4 is 10.6 Å². The van der Waals surface area contributed by atoms with E-state index in [9.17, 15) is 4.79 Å². The van der Waals surface area contributed by atoms with Crippen molar-refractivity contribution in [2.45, 2.75) is 51.6 Å². The monoisotopic (exact) mass is 260 g/mol. The summed E-state index contributed by atoms with van der Waals surface area (Å²) in [6, 6.07) is 8.70. The molecule has 2 N–H and O–H groups in total. The van der Waals surface area contributed by atoms with Crippen LogP contribution in [0.25, 0.3) is 0 Å². The summed E-state index contributed by atoms with van der Waals surface area (Å²) in [5.74, 6) is 0.109. The van der Waals surface area contributed by atoms with Crippen molar-refractivity contribution < 1.29 is 4.79 Å². The Balaban J connectivity index is 1.86. The number of amides is 1. The maximum atomic E-state index is 11.9. The highest BCUT2D eigenvalue weighted by Gasteiger charge is 2.24. The quantitative estimate of drug-likeness (QED) is 0.772. The van der Waals surface area contributed by atoms with Crippen LogP contribution in [0.3, 0.4) is 0 Å². The Hall–Kier alpha value is -1.35. The molecule has 104 valence electrons. The van der Waals surface area contributed by atoms with Crippen LogP contribution in [0.1, 0.15) is 50.3 Å². The van der Waals surface area contributed by atoms with Crippen molar-refractivity contribution >= 4 is 5.91 Å². The van der Waals surface area contributed by atoms with Crippen LogP contribution in [0.5, 0.6) is 0 Å². The smallest absolute Gasteiger partial charge is 0.236 e. The van der Waals surface area contributed by atoms with Crippen LogP contribution in [-0.4, -0.2) is 18.5 Å². The highest BCUT2D eigenvalue weighted by atomic mass is 16.2. The number of carbonyl (C=O) groups is 1. The minimum absolute atomic E-state index is 0.109. The summed E-state index contributed by atoms with van der Waals surface area (Å²) >= 11 is 0. The van der Waals surface area contributed by atoms with Gasteiger partial charge in [-0.2, -0.15) is 0 Å². The van der Waals surface area contributed by atoms with Crippen LogP contribution in [0.4, 0.5) is 0 Å². The molecular formula is C16H24N2O. The van der Waals surface area contributed by atoms with E-state index in [4.69, 9.17) is 0 Å². The molecule has 2 atom stereocenters. The molecule has 2 unspecified atom stereocenters. The lowest BCUT2D eigenvalue weighted by atomic mass is 10.1. The topological polar surface area (TPSA) is 41.1 Å². The highest BCUT2D eigenvalue weighted by molar-refractivity contribution is 5.81. The van der Waals surface area contributed by atoms with E-state index in [2.05, 4.69) is 41.8 Å². The third kappa shape index (κ3) is 3.57. The van der Waals surface area contributed by atoms with Gasteiger partial charge in [0.15, 0.2) is 0 Å². The van der Waals surface area contributed by atoms with Gasteiger partial charge in [0.2, 0.25) is 5.91 Å². The molecular weight excluding hydrogens is 236 g/mol. The fourth-order valence-corrected chi connectivity index (χ4v) is 2.65. The molecule has 1 aromatic rings. The minimum Gasteiger partial charge on any atom is -0.355 e. The van der Waals surface area contributed by atoms with E-state index in [0.29, 0.717) is 6.04 Å². The van der Waals surface area contributed by atoms with Crippen molar-refractivity contribution in [1.29, 1.82) is 0 Å². The van der Waals surface area contributed by atoms with Gasteiger partial charge in [0.25, 0.3) is 0 Å². The van der Waals surface area contributed by atoms with Crippen LogP contribution in [-0.2, 0) is 11.2 Å². The molecule has 0 spiro atoms. The predicted molar refractivity (Wildman–Crippen MR) is 78.0 cm³/mol. The van der Waals surface area contributed by atoms with Gasteiger partial charge in [-0.05, 0) is 37.3 Å². The molecule has 0 saturated carbocycles. The van der Waals surface area contributed by atoms with Gasteiger partial charge in [0.05, 0.1) is 6.04 Å². The first-order valence-corrected chi connectivity index (χ1v) is 7.34. The Kier molecular flexibility index (Phi) is 4.97. The van der Waals surface area contributed by atoms with Gasteiger partial charge in [-0.25, -0.2) is 0 Å². The number of carbonyl (C=O) groups excluding carboxylic acids is 1. The number of rotatable bonds is 6. The summed E-state index contributed by atoms with van der Waals surface area (Å²) in [5.41, 5.74) is 2.77. The molecule has 0 radical (unpaired) electrons. The fourth-order valence-electron chi connectivity index (χ4n) is 2.65. The SMILES string of the molecule is CCCCNC(=O)C(C)NC1CCc2ccccc21. The molecule has 1 aromatic carbocycles. The Morgan fingerprint density at radius 1 is 1.42 bits per heavy atom. The number of nitrogens with one attached hydrogen (secondary N) is 2. The van der Waals surface area contributed by atoms with Crippen molar-refractivity contribution in [3.8, 4) is 0 Å². The standard InChI is InChI=1S/C16H24N2O/c1-3-4-11-17-16(19)12(2)18-15-10-9-13-7-5-6-8-14(13)15/h5-8,12,15,18H,3-4,9-11H2,1-2H3,(H,17,19). The molecule has 0 heterocycles. The maximum Gasteiger partial charge on any atom is 0.236 e. The van der Waals surface area contributed by atoms with Crippen molar-refractivity contribution in [2.24, 2.45) is 0 Å². The summed E-state index contributed by atoms with van der Waals surface area (Å²) in [4.78, 5) is 11.9.